The van der Waals surface area contributed by atoms with Crippen LogP contribution in [0, 0.1) is 0 Å². The van der Waals surface area contributed by atoms with Gasteiger partial charge in [0.1, 0.15) is 17.1 Å². The minimum Gasteiger partial charge on any atom is -0.477 e. The van der Waals surface area contributed by atoms with E-state index < -0.39 is 23.3 Å². The molecule has 11 nitrogen and oxygen atoms in total. The Balaban J connectivity index is 0.00000240. The summed E-state index contributed by atoms with van der Waals surface area (Å²) in [5.74, 6) is -1.41. The summed E-state index contributed by atoms with van der Waals surface area (Å²) < 4.78 is 0. The minimum absolute atomic E-state index is 0. The molecule has 32 heavy (non-hydrogen) atoms. The lowest BCUT2D eigenvalue weighted by molar-refractivity contribution is -0.149. The molecule has 2 amide bonds. The fourth-order valence-electron chi connectivity index (χ4n) is 3.74. The van der Waals surface area contributed by atoms with E-state index in [9.17, 15) is 19.5 Å². The van der Waals surface area contributed by atoms with Crippen LogP contribution < -0.4 is 10.6 Å². The Morgan fingerprint density at radius 1 is 1.12 bits per heavy atom. The maximum Gasteiger partial charge on any atom is 0.352 e. The zero-order chi connectivity index (χ0) is 20.0. The number of nitrogens with two attached hydrogens (primary N) is 1. The van der Waals surface area contributed by atoms with Gasteiger partial charge in [0.05, 0.1) is 6.54 Å². The number of nitrogens with zero attached hydrogens (tertiary/aromatic N) is 2. The molecule has 0 aromatic heterocycles. The van der Waals surface area contributed by atoms with Crippen LogP contribution in [0.4, 0.5) is 5.69 Å². The topological polar surface area (TPSA) is 230 Å². The number of carbonyl (C=O) groups excluding carboxylic acids is 2. The van der Waals surface area contributed by atoms with Crippen molar-refractivity contribution in [3.8, 4) is 0 Å². The molecule has 0 spiro atoms. The summed E-state index contributed by atoms with van der Waals surface area (Å²) in [7, 11) is 0. The maximum atomic E-state index is 12.9. The molecule has 1 saturated heterocycles. The van der Waals surface area contributed by atoms with Crippen molar-refractivity contribution in [1.29, 1.82) is 0 Å². The second-order valence-corrected chi connectivity index (χ2v) is 7.89. The number of benzene rings is 2. The average molecular weight is 470 g/mol. The van der Waals surface area contributed by atoms with E-state index in [1.165, 1.54) is 21.6 Å². The molecule has 2 aliphatic heterocycles. The number of thioether (sulfide) groups is 1. The van der Waals surface area contributed by atoms with Gasteiger partial charge in [-0.15, -0.1) is 11.8 Å². The second-order valence-electron chi connectivity index (χ2n) is 6.79. The normalized spacial score (nSPS) is 18.7. The first-order chi connectivity index (χ1) is 13.4. The highest BCUT2D eigenvalue weighted by atomic mass is 32.2. The number of β-lactam (4-membered cyclic amide) rings is 1. The largest absolute Gasteiger partial charge is 0.477 e. The van der Waals surface area contributed by atoms with Crippen molar-refractivity contribution in [3.05, 3.63) is 53.7 Å². The Labute approximate surface area is 187 Å². The lowest BCUT2D eigenvalue weighted by atomic mass is 9.99. The van der Waals surface area contributed by atoms with Gasteiger partial charge in [0.15, 0.2) is 0 Å². The van der Waals surface area contributed by atoms with E-state index in [2.05, 4.69) is 0 Å². The molecular weight excluding hydrogens is 442 g/mol. The molecule has 0 bridgehead atoms. The molecule has 12 heteroatoms. The highest BCUT2D eigenvalue weighted by molar-refractivity contribution is 8.00. The SMILES string of the molecule is CC1=C(C(=O)O)N2C(=O)C(N(C(=O)CN)c3ccc4ccccc4c3)C2SC1.O.O.O.O. The fraction of sp³-hybridized carbons (Fsp3) is 0.250. The van der Waals surface area contributed by atoms with E-state index in [-0.39, 0.29) is 40.1 Å². The molecule has 176 valence electrons. The number of carboxylic acid groups (broad SMARTS) is 1. The number of carbonyl (C=O) groups is 3. The summed E-state index contributed by atoms with van der Waals surface area (Å²) in [5, 5.41) is 11.0. The Morgan fingerprint density at radius 3 is 2.34 bits per heavy atom. The van der Waals surface area contributed by atoms with Crippen LogP contribution in [0.2, 0.25) is 0 Å². The van der Waals surface area contributed by atoms with Crippen LogP contribution in [0.15, 0.2) is 53.7 Å². The van der Waals surface area contributed by atoms with Gasteiger partial charge >= 0.3 is 5.97 Å². The van der Waals surface area contributed by atoms with Crippen molar-refractivity contribution in [2.24, 2.45) is 5.73 Å². The molecular formula is C20H27N3O8S. The lowest BCUT2D eigenvalue weighted by Crippen LogP contribution is -2.72. The van der Waals surface area contributed by atoms with Crippen LogP contribution in [0.1, 0.15) is 6.92 Å². The van der Waals surface area contributed by atoms with E-state index in [1.807, 2.05) is 36.4 Å². The molecule has 2 aromatic carbocycles. The van der Waals surface area contributed by atoms with Gasteiger partial charge in [0.25, 0.3) is 5.91 Å². The molecule has 0 radical (unpaired) electrons. The third-order valence-corrected chi connectivity index (χ3v) is 6.48. The van der Waals surface area contributed by atoms with Gasteiger partial charge < -0.3 is 32.7 Å². The molecule has 0 saturated carbocycles. The number of hydrogen-bond acceptors (Lipinski definition) is 5. The van der Waals surface area contributed by atoms with Crippen molar-refractivity contribution in [2.45, 2.75) is 18.3 Å². The number of amides is 2. The summed E-state index contributed by atoms with van der Waals surface area (Å²) in [6.07, 6.45) is 0. The Kier molecular flexibility index (Phi) is 10.0. The zero-order valence-corrected chi connectivity index (χ0v) is 18.0. The van der Waals surface area contributed by atoms with Gasteiger partial charge in [-0.25, -0.2) is 4.79 Å². The second kappa shape index (κ2) is 11.0. The quantitative estimate of drug-likeness (QED) is 0.504. The van der Waals surface area contributed by atoms with E-state index >= 15 is 0 Å². The van der Waals surface area contributed by atoms with Crippen LogP contribution in [0.5, 0.6) is 0 Å². The first-order valence-electron chi connectivity index (χ1n) is 8.82. The highest BCUT2D eigenvalue weighted by Gasteiger charge is 2.56. The summed E-state index contributed by atoms with van der Waals surface area (Å²) >= 11 is 1.46. The summed E-state index contributed by atoms with van der Waals surface area (Å²) in [6.45, 7) is 1.47. The van der Waals surface area contributed by atoms with Gasteiger partial charge in [-0.05, 0) is 35.4 Å². The van der Waals surface area contributed by atoms with Gasteiger partial charge in [-0.1, -0.05) is 30.3 Å². The van der Waals surface area contributed by atoms with Crippen molar-refractivity contribution in [3.63, 3.8) is 0 Å². The number of fused-ring (bicyclic) bond motifs is 2. The summed E-state index contributed by atoms with van der Waals surface area (Å²) in [4.78, 5) is 39.9. The maximum absolute atomic E-state index is 12.9. The molecule has 11 N–H and O–H groups in total. The standard InChI is InChI=1S/C20H19N3O4S.4H2O/c1-11-10-28-19-17(18(25)23(19)16(11)20(26)27)22(15(24)9-21)14-7-6-12-4-2-3-5-13(12)8-14;;;;/h2-8,17,19H,9-10,21H2,1H3,(H,26,27);4*1H2. The first-order valence-corrected chi connectivity index (χ1v) is 9.87. The van der Waals surface area contributed by atoms with Crippen LogP contribution >= 0.6 is 11.8 Å². The van der Waals surface area contributed by atoms with Gasteiger partial charge in [0, 0.05) is 11.4 Å². The third-order valence-electron chi connectivity index (χ3n) is 5.07. The van der Waals surface area contributed by atoms with E-state index in [4.69, 9.17) is 5.73 Å². The molecule has 2 aromatic rings. The van der Waals surface area contributed by atoms with Gasteiger partial charge in [-0.2, -0.15) is 0 Å². The molecule has 0 aliphatic carbocycles. The molecule has 1 fully saturated rings. The van der Waals surface area contributed by atoms with E-state index in [0.717, 1.165) is 10.8 Å². The van der Waals surface area contributed by atoms with Crippen LogP contribution in [-0.2, 0) is 14.4 Å². The average Bonchev–Trinajstić information content (AvgIpc) is 2.70. The third kappa shape index (κ3) is 4.46. The lowest BCUT2D eigenvalue weighted by Gasteiger charge is -2.52. The van der Waals surface area contributed by atoms with Crippen molar-refractivity contribution in [1.82, 2.24) is 4.90 Å². The Bertz CT molecular complexity index is 1040. The summed E-state index contributed by atoms with van der Waals surface area (Å²) in [6, 6.07) is 12.5. The molecule has 4 rings (SSSR count). The minimum atomic E-state index is -1.13. The number of rotatable bonds is 4. The Morgan fingerprint density at radius 2 is 1.75 bits per heavy atom. The van der Waals surface area contributed by atoms with Gasteiger partial charge in [0.2, 0.25) is 5.91 Å². The highest BCUT2D eigenvalue weighted by Crippen LogP contribution is 2.43. The predicted molar refractivity (Wildman–Crippen MR) is 122 cm³/mol. The van der Waals surface area contributed by atoms with Crippen molar-refractivity contribution < 1.29 is 41.4 Å². The zero-order valence-electron chi connectivity index (χ0n) is 17.2. The molecule has 2 aliphatic rings. The number of anilines is 1. The van der Waals surface area contributed by atoms with Crippen molar-refractivity contribution in [2.75, 3.05) is 17.2 Å². The van der Waals surface area contributed by atoms with E-state index in [0.29, 0.717) is 17.0 Å². The molecule has 2 atom stereocenters. The fourth-order valence-corrected chi connectivity index (χ4v) is 5.08. The Hall–Kier alpha value is -3.00. The van der Waals surface area contributed by atoms with Gasteiger partial charge in [-0.3, -0.25) is 19.4 Å². The molecule has 2 unspecified atom stereocenters. The number of hydrogen-bond donors (Lipinski definition) is 2. The van der Waals surface area contributed by atoms with Crippen molar-refractivity contribution >= 4 is 46.0 Å². The first kappa shape index (κ1) is 29.0. The summed E-state index contributed by atoms with van der Waals surface area (Å²) in [5.41, 5.74) is 6.86. The van der Waals surface area contributed by atoms with Crippen LogP contribution in [0.25, 0.3) is 10.8 Å². The number of carboxylic acids is 1. The smallest absolute Gasteiger partial charge is 0.352 e. The monoisotopic (exact) mass is 469 g/mol. The molecule has 2 heterocycles. The van der Waals surface area contributed by atoms with E-state index in [1.54, 1.807) is 13.0 Å². The number of aliphatic carboxylic acids is 1. The predicted octanol–water partition coefficient (Wildman–Crippen LogP) is -1.53. The van der Waals surface area contributed by atoms with Crippen LogP contribution in [-0.4, -0.2) is 73.4 Å². The van der Waals surface area contributed by atoms with Crippen LogP contribution in [0.3, 0.4) is 0 Å².